The summed E-state index contributed by atoms with van der Waals surface area (Å²) in [6.45, 7) is 2.33. The van der Waals surface area contributed by atoms with Gasteiger partial charge in [0.25, 0.3) is 0 Å². The number of nitrogens with one attached hydrogen (secondary N) is 1. The number of nitrogens with zero attached hydrogens (tertiary/aromatic N) is 4. The molecule has 0 spiro atoms. The molecule has 1 atom stereocenters. The Morgan fingerprint density at radius 1 is 1.10 bits per heavy atom. The van der Waals surface area contributed by atoms with Crippen molar-refractivity contribution >= 4 is 21.8 Å². The van der Waals surface area contributed by atoms with E-state index in [9.17, 15) is 12.8 Å². The van der Waals surface area contributed by atoms with Crippen LogP contribution in [0.15, 0.2) is 59.8 Å². The smallest absolute Gasteiger partial charge is 0.243 e. The molecule has 1 saturated heterocycles. The summed E-state index contributed by atoms with van der Waals surface area (Å²) in [4.78, 5) is 13.1. The number of pyridine rings is 1. The first kappa shape index (κ1) is 19.4. The van der Waals surface area contributed by atoms with Crippen molar-refractivity contribution in [1.82, 2.24) is 19.3 Å². The van der Waals surface area contributed by atoms with Gasteiger partial charge in [-0.1, -0.05) is 6.07 Å². The Kier molecular flexibility index (Phi) is 5.25. The van der Waals surface area contributed by atoms with E-state index in [-0.39, 0.29) is 4.90 Å². The van der Waals surface area contributed by atoms with Gasteiger partial charge in [-0.3, -0.25) is 0 Å². The van der Waals surface area contributed by atoms with Gasteiger partial charge in [-0.25, -0.2) is 27.8 Å². The van der Waals surface area contributed by atoms with Crippen LogP contribution in [0, 0.1) is 12.7 Å². The van der Waals surface area contributed by atoms with Crippen LogP contribution in [-0.4, -0.2) is 34.2 Å². The molecule has 0 saturated carbocycles. The van der Waals surface area contributed by atoms with E-state index in [4.69, 9.17) is 0 Å². The fourth-order valence-corrected chi connectivity index (χ4v) is 5.01. The number of rotatable bonds is 5. The zero-order chi connectivity index (χ0) is 20.4. The van der Waals surface area contributed by atoms with Gasteiger partial charge in [-0.15, -0.1) is 0 Å². The molecule has 0 aliphatic carbocycles. The number of anilines is 2. The maximum absolute atomic E-state index is 13.2. The minimum Gasteiger partial charge on any atom is -0.309 e. The molecule has 3 heterocycles. The monoisotopic (exact) mass is 413 g/mol. The van der Waals surface area contributed by atoms with Gasteiger partial charge >= 0.3 is 0 Å². The van der Waals surface area contributed by atoms with Gasteiger partial charge < -0.3 is 5.32 Å². The first-order valence-corrected chi connectivity index (χ1v) is 10.7. The molecule has 2 aromatic heterocycles. The number of aryl methyl sites for hydroxylation is 1. The van der Waals surface area contributed by atoms with Crippen LogP contribution in [0.5, 0.6) is 0 Å². The maximum atomic E-state index is 13.2. The van der Waals surface area contributed by atoms with Crippen molar-refractivity contribution in [1.29, 1.82) is 0 Å². The first-order valence-electron chi connectivity index (χ1n) is 9.23. The first-order chi connectivity index (χ1) is 13.9. The Balaban J connectivity index is 1.60. The lowest BCUT2D eigenvalue weighted by Crippen LogP contribution is -2.31. The summed E-state index contributed by atoms with van der Waals surface area (Å²) in [5.41, 5.74) is 1.65. The lowest BCUT2D eigenvalue weighted by molar-refractivity contribution is 0.390. The fraction of sp³-hybridized carbons (Fsp3) is 0.250. The molecule has 7 nitrogen and oxygen atoms in total. The van der Waals surface area contributed by atoms with Crippen LogP contribution in [0.2, 0.25) is 0 Å². The third kappa shape index (κ3) is 4.10. The second-order valence-corrected chi connectivity index (χ2v) is 8.77. The molecular weight excluding hydrogens is 393 g/mol. The second-order valence-electron chi connectivity index (χ2n) is 6.88. The van der Waals surface area contributed by atoms with Crippen molar-refractivity contribution in [3.8, 4) is 0 Å². The Labute approximate surface area is 168 Å². The summed E-state index contributed by atoms with van der Waals surface area (Å²) in [5, 5.41) is 3.04. The largest absolute Gasteiger partial charge is 0.309 e. The number of hydrogen-bond donors (Lipinski definition) is 1. The van der Waals surface area contributed by atoms with Gasteiger partial charge in [0, 0.05) is 18.9 Å². The van der Waals surface area contributed by atoms with Gasteiger partial charge in [0.1, 0.15) is 11.6 Å². The van der Waals surface area contributed by atoms with Crippen molar-refractivity contribution < 1.29 is 12.8 Å². The summed E-state index contributed by atoms with van der Waals surface area (Å²) in [7, 11) is -3.76. The normalized spacial score (nSPS) is 17.4. The molecule has 1 aromatic carbocycles. The van der Waals surface area contributed by atoms with Gasteiger partial charge in [0.15, 0.2) is 0 Å². The van der Waals surface area contributed by atoms with E-state index >= 15 is 0 Å². The van der Waals surface area contributed by atoms with Crippen LogP contribution in [0.25, 0.3) is 0 Å². The summed E-state index contributed by atoms with van der Waals surface area (Å²) in [6, 6.07) is 9.94. The molecule has 4 rings (SSSR count). The highest BCUT2D eigenvalue weighted by atomic mass is 32.2. The highest BCUT2D eigenvalue weighted by Gasteiger charge is 2.37. The molecule has 1 aliphatic rings. The van der Waals surface area contributed by atoms with E-state index in [1.165, 1.54) is 16.4 Å². The summed E-state index contributed by atoms with van der Waals surface area (Å²) in [5.74, 6) is 0.484. The van der Waals surface area contributed by atoms with Crippen LogP contribution >= 0.6 is 0 Å². The summed E-state index contributed by atoms with van der Waals surface area (Å²) < 4.78 is 40.8. The Bertz CT molecular complexity index is 1100. The highest BCUT2D eigenvalue weighted by Crippen LogP contribution is 2.36. The van der Waals surface area contributed by atoms with E-state index in [2.05, 4.69) is 20.3 Å². The lowest BCUT2D eigenvalue weighted by Gasteiger charge is -2.24. The van der Waals surface area contributed by atoms with Crippen molar-refractivity contribution in [3.63, 3.8) is 0 Å². The van der Waals surface area contributed by atoms with Crippen molar-refractivity contribution in [2.75, 3.05) is 11.9 Å². The van der Waals surface area contributed by atoms with E-state index in [0.717, 1.165) is 24.1 Å². The summed E-state index contributed by atoms with van der Waals surface area (Å²) >= 11 is 0. The van der Waals surface area contributed by atoms with Crippen LogP contribution < -0.4 is 5.32 Å². The van der Waals surface area contributed by atoms with Gasteiger partial charge in [0.05, 0.1) is 16.6 Å². The topological polar surface area (TPSA) is 88.1 Å². The number of hydrogen-bond acceptors (Lipinski definition) is 6. The molecular formula is C20H20FN5O2S. The number of sulfonamides is 1. The van der Waals surface area contributed by atoms with E-state index in [1.54, 1.807) is 18.5 Å². The fourth-order valence-electron chi connectivity index (χ4n) is 3.34. The summed E-state index contributed by atoms with van der Waals surface area (Å²) in [6.07, 6.45) is 4.71. The van der Waals surface area contributed by atoms with Crippen molar-refractivity contribution in [3.05, 3.63) is 71.9 Å². The van der Waals surface area contributed by atoms with E-state index in [1.807, 2.05) is 19.1 Å². The third-order valence-corrected chi connectivity index (χ3v) is 6.72. The molecule has 3 aromatic rings. The second kappa shape index (κ2) is 7.84. The number of benzene rings is 1. The Morgan fingerprint density at radius 3 is 2.62 bits per heavy atom. The molecule has 1 N–H and O–H groups in total. The quantitative estimate of drug-likeness (QED) is 0.688. The minimum absolute atomic E-state index is 0.0714. The molecule has 0 amide bonds. The average molecular weight is 413 g/mol. The molecule has 0 radical (unpaired) electrons. The van der Waals surface area contributed by atoms with Gasteiger partial charge in [-0.2, -0.15) is 4.31 Å². The highest BCUT2D eigenvalue weighted by molar-refractivity contribution is 7.89. The predicted octanol–water partition coefficient (Wildman–Crippen LogP) is 3.59. The molecule has 0 unspecified atom stereocenters. The minimum atomic E-state index is -3.76. The molecule has 29 heavy (non-hydrogen) atoms. The maximum Gasteiger partial charge on any atom is 0.243 e. The van der Waals surface area contributed by atoms with Crippen LogP contribution in [0.1, 0.15) is 30.1 Å². The predicted molar refractivity (Wildman–Crippen MR) is 107 cm³/mol. The van der Waals surface area contributed by atoms with Gasteiger partial charge in [-0.05, 0) is 61.7 Å². The van der Waals surface area contributed by atoms with Crippen molar-refractivity contribution in [2.45, 2.75) is 30.7 Å². The van der Waals surface area contributed by atoms with E-state index < -0.39 is 21.9 Å². The zero-order valence-electron chi connectivity index (χ0n) is 15.8. The Hall–Kier alpha value is -2.91. The van der Waals surface area contributed by atoms with Crippen LogP contribution in [0.4, 0.5) is 16.2 Å². The van der Waals surface area contributed by atoms with E-state index in [0.29, 0.717) is 30.4 Å². The zero-order valence-corrected chi connectivity index (χ0v) is 16.6. The average Bonchev–Trinajstić information content (AvgIpc) is 3.21. The van der Waals surface area contributed by atoms with Gasteiger partial charge in [0.2, 0.25) is 16.0 Å². The SMILES string of the molecule is Cc1ccc(Nc2nccc([C@H]3CCCN3S(=O)(=O)c3ccc(F)cc3)n2)nc1. The number of aromatic nitrogens is 3. The van der Waals surface area contributed by atoms with Crippen LogP contribution in [0.3, 0.4) is 0 Å². The Morgan fingerprint density at radius 2 is 1.90 bits per heavy atom. The standard InChI is InChI=1S/C20H20FN5O2S/c1-14-4-9-19(23-13-14)25-20-22-11-10-17(24-20)18-3-2-12-26(18)29(27,28)16-7-5-15(21)6-8-16/h4-11,13,18H,2-3,12H2,1H3,(H,22,23,24,25)/t18-/m1/s1. The lowest BCUT2D eigenvalue weighted by atomic mass is 10.1. The number of halogens is 1. The molecule has 1 aliphatic heterocycles. The van der Waals surface area contributed by atoms with Crippen molar-refractivity contribution in [2.24, 2.45) is 0 Å². The molecule has 150 valence electrons. The van der Waals surface area contributed by atoms with Crippen LogP contribution in [-0.2, 0) is 10.0 Å². The third-order valence-electron chi connectivity index (χ3n) is 4.79. The molecule has 1 fully saturated rings. The molecule has 9 heteroatoms. The molecule has 0 bridgehead atoms.